The molecule has 0 spiro atoms. The number of carbonyl (C=O) groups is 1. The Labute approximate surface area is 207 Å². The molecule has 0 aliphatic carbocycles. The third-order valence-corrected chi connectivity index (χ3v) is 5.64. The summed E-state index contributed by atoms with van der Waals surface area (Å²) in [6.07, 6.45) is 4.14. The normalized spacial score (nSPS) is 18.2. The molecule has 2 aliphatic heterocycles. The van der Waals surface area contributed by atoms with Gasteiger partial charge in [0.1, 0.15) is 12.0 Å². The second kappa shape index (κ2) is 12.2. The summed E-state index contributed by atoms with van der Waals surface area (Å²) in [5, 5.41) is 25.5. The van der Waals surface area contributed by atoms with E-state index in [-0.39, 0.29) is 43.2 Å². The predicted octanol–water partition coefficient (Wildman–Crippen LogP) is 2.45. The molecule has 0 bridgehead atoms. The molecule has 12 nitrogen and oxygen atoms in total. The van der Waals surface area contributed by atoms with Gasteiger partial charge in [-0.05, 0) is 42.7 Å². The molecule has 192 valence electrons. The first-order valence-electron chi connectivity index (χ1n) is 11.7. The number of benzene rings is 1. The molecule has 2 unspecified atom stereocenters. The molecule has 2 aromatic rings. The fraction of sp³-hybridized carbons (Fsp3) is 0.417. The molecule has 1 aromatic heterocycles. The highest BCUT2D eigenvalue weighted by Gasteiger charge is 2.29. The Balaban J connectivity index is 1.36. The van der Waals surface area contributed by atoms with Gasteiger partial charge in [-0.1, -0.05) is 6.07 Å². The number of aliphatic hydroxyl groups excluding tert-OH is 1. The number of hydrogen-bond acceptors (Lipinski definition) is 10. The van der Waals surface area contributed by atoms with Crippen molar-refractivity contribution in [1.82, 2.24) is 10.3 Å². The maximum absolute atomic E-state index is 12.9. The third-order valence-electron chi connectivity index (χ3n) is 5.64. The average Bonchev–Trinajstić information content (AvgIpc) is 3.37. The first-order chi connectivity index (χ1) is 17.5. The monoisotopic (exact) mass is 500 g/mol. The number of unbranched alkanes of at least 4 members (excludes halogenated alkanes) is 1. The van der Waals surface area contributed by atoms with E-state index in [1.807, 2.05) is 18.2 Å². The Hall–Kier alpha value is -3.90. The number of hydrogen-bond donors (Lipinski definition) is 3. The first-order valence-corrected chi connectivity index (χ1v) is 11.7. The van der Waals surface area contributed by atoms with E-state index in [9.17, 15) is 14.9 Å². The summed E-state index contributed by atoms with van der Waals surface area (Å²) in [5.74, 6) is 1.43. The molecule has 2 aliphatic rings. The van der Waals surface area contributed by atoms with Crippen molar-refractivity contribution < 1.29 is 33.8 Å². The van der Waals surface area contributed by atoms with Crippen molar-refractivity contribution in [2.24, 2.45) is 0 Å². The summed E-state index contributed by atoms with van der Waals surface area (Å²) >= 11 is 0. The van der Waals surface area contributed by atoms with Gasteiger partial charge < -0.3 is 34.7 Å². The summed E-state index contributed by atoms with van der Waals surface area (Å²) in [5.41, 5.74) is 0.850. The van der Waals surface area contributed by atoms with Crippen molar-refractivity contribution in [2.75, 3.05) is 38.4 Å². The van der Waals surface area contributed by atoms with Gasteiger partial charge in [-0.3, -0.25) is 14.9 Å². The number of allylic oxidation sites excluding steroid dienone is 1. The number of pyridine rings is 1. The first kappa shape index (κ1) is 25.2. The van der Waals surface area contributed by atoms with E-state index in [0.29, 0.717) is 49.7 Å². The molecule has 12 heteroatoms. The number of nitrogens with one attached hydrogen (secondary N) is 2. The van der Waals surface area contributed by atoms with E-state index in [1.54, 1.807) is 6.08 Å². The van der Waals surface area contributed by atoms with Gasteiger partial charge in [0.25, 0.3) is 11.6 Å². The lowest BCUT2D eigenvalue weighted by Gasteiger charge is -2.29. The van der Waals surface area contributed by atoms with E-state index in [0.717, 1.165) is 5.56 Å². The van der Waals surface area contributed by atoms with E-state index in [2.05, 4.69) is 15.6 Å². The van der Waals surface area contributed by atoms with Crippen LogP contribution in [0.3, 0.4) is 0 Å². The molecule has 3 heterocycles. The molecule has 1 amide bonds. The minimum Gasteiger partial charge on any atom is -0.459 e. The van der Waals surface area contributed by atoms with Crippen molar-refractivity contribution in [1.29, 1.82) is 0 Å². The van der Waals surface area contributed by atoms with Crippen LogP contribution in [0.5, 0.6) is 11.5 Å². The quantitative estimate of drug-likeness (QED) is 0.225. The zero-order valence-electron chi connectivity index (χ0n) is 19.6. The minimum atomic E-state index is -0.618. The van der Waals surface area contributed by atoms with Gasteiger partial charge in [0.2, 0.25) is 13.1 Å². The van der Waals surface area contributed by atoms with Gasteiger partial charge in [0.15, 0.2) is 17.3 Å². The van der Waals surface area contributed by atoms with Crippen LogP contribution in [0.1, 0.15) is 30.7 Å². The lowest BCUT2D eigenvalue weighted by molar-refractivity contribution is -0.385. The lowest BCUT2D eigenvalue weighted by Crippen LogP contribution is -2.35. The molecule has 3 N–H and O–H groups in total. The summed E-state index contributed by atoms with van der Waals surface area (Å²) in [4.78, 5) is 27.0. The van der Waals surface area contributed by atoms with Crippen LogP contribution >= 0.6 is 0 Å². The Kier molecular flexibility index (Phi) is 8.53. The zero-order chi connectivity index (χ0) is 25.3. The summed E-state index contributed by atoms with van der Waals surface area (Å²) < 4.78 is 22.6. The van der Waals surface area contributed by atoms with Crippen LogP contribution in [-0.2, 0) is 14.3 Å². The van der Waals surface area contributed by atoms with Crippen molar-refractivity contribution in [3.05, 3.63) is 64.0 Å². The van der Waals surface area contributed by atoms with Gasteiger partial charge in [-0.2, -0.15) is 0 Å². The SMILES string of the molecule is O=C(NCCNc1ccc([N+](=O)[O-])cn1)C1=CC(c2ccc3c(c2)OCO3)CC(OCCCCO)O1. The average molecular weight is 501 g/mol. The number of ether oxygens (including phenoxy) is 4. The number of fused-ring (bicyclic) bond motifs is 1. The second-order valence-corrected chi connectivity index (χ2v) is 8.18. The van der Waals surface area contributed by atoms with Crippen LogP contribution in [0.4, 0.5) is 11.5 Å². The molecular formula is C24H28N4O8. The summed E-state index contributed by atoms with van der Waals surface area (Å²) in [6, 6.07) is 8.52. The largest absolute Gasteiger partial charge is 0.459 e. The van der Waals surface area contributed by atoms with Crippen molar-refractivity contribution >= 4 is 17.4 Å². The van der Waals surface area contributed by atoms with Gasteiger partial charge in [0, 0.05) is 38.1 Å². The third kappa shape index (κ3) is 6.61. The molecule has 2 atom stereocenters. The van der Waals surface area contributed by atoms with E-state index >= 15 is 0 Å². The summed E-state index contributed by atoms with van der Waals surface area (Å²) in [7, 11) is 0. The van der Waals surface area contributed by atoms with Crippen LogP contribution in [0.2, 0.25) is 0 Å². The molecule has 0 saturated carbocycles. The van der Waals surface area contributed by atoms with Crippen molar-refractivity contribution in [3.63, 3.8) is 0 Å². The number of aliphatic hydroxyl groups is 1. The fourth-order valence-electron chi connectivity index (χ4n) is 3.78. The smallest absolute Gasteiger partial charge is 0.287 e. The number of nitrogens with zero attached hydrogens (tertiary/aromatic N) is 2. The minimum absolute atomic E-state index is 0.0890. The van der Waals surface area contributed by atoms with Crippen LogP contribution < -0.4 is 20.1 Å². The number of carbonyl (C=O) groups excluding carboxylic acids is 1. The second-order valence-electron chi connectivity index (χ2n) is 8.18. The molecule has 0 fully saturated rings. The standard InChI is InChI=1S/C24H28N4O8/c29-9-1-2-10-33-23-13-17(16-3-5-19-20(11-16)35-15-34-19)12-21(36-23)24(30)26-8-7-25-22-6-4-18(14-27-22)28(31)32/h3-6,11-12,14,17,23,29H,1-2,7-10,13,15H2,(H,25,27)(H,26,30). The predicted molar refractivity (Wildman–Crippen MR) is 128 cm³/mol. The van der Waals surface area contributed by atoms with Crippen LogP contribution in [0.25, 0.3) is 0 Å². The van der Waals surface area contributed by atoms with Crippen LogP contribution in [0.15, 0.2) is 48.4 Å². The molecule has 0 radical (unpaired) electrons. The summed E-state index contributed by atoms with van der Waals surface area (Å²) in [6.45, 7) is 1.30. The van der Waals surface area contributed by atoms with Crippen molar-refractivity contribution in [2.45, 2.75) is 31.5 Å². The molecular weight excluding hydrogens is 472 g/mol. The molecule has 1 aromatic carbocycles. The van der Waals surface area contributed by atoms with Gasteiger partial charge in [-0.15, -0.1) is 0 Å². The Morgan fingerprint density at radius 2 is 2.06 bits per heavy atom. The zero-order valence-corrected chi connectivity index (χ0v) is 19.6. The Bertz CT molecular complexity index is 1090. The van der Waals surface area contributed by atoms with Crippen LogP contribution in [0, 0.1) is 10.1 Å². The van der Waals surface area contributed by atoms with Gasteiger partial charge >= 0.3 is 0 Å². The number of amides is 1. The maximum Gasteiger partial charge on any atom is 0.287 e. The number of rotatable bonds is 12. The fourth-order valence-corrected chi connectivity index (χ4v) is 3.78. The maximum atomic E-state index is 12.9. The molecule has 36 heavy (non-hydrogen) atoms. The highest BCUT2D eigenvalue weighted by molar-refractivity contribution is 5.91. The van der Waals surface area contributed by atoms with E-state index in [1.165, 1.54) is 18.3 Å². The van der Waals surface area contributed by atoms with Crippen LogP contribution in [-0.4, -0.2) is 60.3 Å². The molecule has 4 rings (SSSR count). The Morgan fingerprint density at radius 1 is 1.19 bits per heavy atom. The lowest BCUT2D eigenvalue weighted by atomic mass is 9.92. The van der Waals surface area contributed by atoms with E-state index in [4.69, 9.17) is 24.1 Å². The topological polar surface area (TPSA) is 154 Å². The highest BCUT2D eigenvalue weighted by atomic mass is 16.7. The van der Waals surface area contributed by atoms with Crippen molar-refractivity contribution in [3.8, 4) is 11.5 Å². The van der Waals surface area contributed by atoms with E-state index < -0.39 is 11.2 Å². The number of anilines is 1. The van der Waals surface area contributed by atoms with Gasteiger partial charge in [0.05, 0.1) is 11.5 Å². The number of nitro groups is 1. The highest BCUT2D eigenvalue weighted by Crippen LogP contribution is 2.38. The van der Waals surface area contributed by atoms with Gasteiger partial charge in [-0.25, -0.2) is 4.98 Å². The Morgan fingerprint density at radius 3 is 2.83 bits per heavy atom. The molecule has 0 saturated heterocycles. The number of aromatic nitrogens is 1.